The second-order valence-corrected chi connectivity index (χ2v) is 7.86. The predicted molar refractivity (Wildman–Crippen MR) is 127 cm³/mol. The molecule has 3 aromatic rings. The van der Waals surface area contributed by atoms with Gasteiger partial charge < -0.3 is 14.8 Å². The van der Waals surface area contributed by atoms with Crippen molar-refractivity contribution in [3.8, 4) is 17.6 Å². The van der Waals surface area contributed by atoms with E-state index < -0.39 is 5.91 Å². The zero-order valence-corrected chi connectivity index (χ0v) is 19.1. The maximum atomic E-state index is 12.6. The number of hydrogen-bond acceptors (Lipinski definition) is 4. The first-order valence-corrected chi connectivity index (χ1v) is 10.5. The molecule has 0 atom stereocenters. The van der Waals surface area contributed by atoms with Crippen LogP contribution in [-0.4, -0.2) is 13.0 Å². The molecule has 3 aromatic carbocycles. The number of benzene rings is 3. The standard InChI is InChI=1S/C24H17Cl3N2O3/c1-31-21-7-5-20(6-8-21)29-24(30)17(13-28)10-16-11-19(26)12-22(27)23(16)32-14-15-3-2-4-18(25)9-15/h2-12H,14H2,1H3,(H,29,30)/b17-10+. The van der Waals surface area contributed by atoms with Crippen molar-refractivity contribution in [2.75, 3.05) is 12.4 Å². The lowest BCUT2D eigenvalue weighted by molar-refractivity contribution is -0.112. The number of anilines is 1. The van der Waals surface area contributed by atoms with Gasteiger partial charge in [0.15, 0.2) is 0 Å². The maximum absolute atomic E-state index is 12.6. The third-order valence-corrected chi connectivity index (χ3v) is 5.06. The Morgan fingerprint density at radius 1 is 1.06 bits per heavy atom. The zero-order valence-electron chi connectivity index (χ0n) is 16.9. The Hall–Kier alpha value is -3.17. The van der Waals surface area contributed by atoms with Crippen LogP contribution in [0, 0.1) is 11.3 Å². The largest absolute Gasteiger partial charge is 0.497 e. The first kappa shape index (κ1) is 23.5. The molecule has 32 heavy (non-hydrogen) atoms. The van der Waals surface area contributed by atoms with Crippen LogP contribution in [-0.2, 0) is 11.4 Å². The van der Waals surface area contributed by atoms with Crippen LogP contribution in [0.15, 0.2) is 66.2 Å². The van der Waals surface area contributed by atoms with Crippen LogP contribution in [0.3, 0.4) is 0 Å². The quantitative estimate of drug-likeness (QED) is 0.294. The molecule has 3 rings (SSSR count). The average Bonchev–Trinajstić information content (AvgIpc) is 2.77. The minimum atomic E-state index is -0.588. The Labute approximate surface area is 200 Å². The number of amides is 1. The minimum Gasteiger partial charge on any atom is -0.497 e. The van der Waals surface area contributed by atoms with E-state index in [1.54, 1.807) is 49.6 Å². The number of carbonyl (C=O) groups is 1. The second-order valence-electron chi connectivity index (χ2n) is 6.58. The molecule has 0 aliphatic heterocycles. The number of halogens is 3. The van der Waals surface area contributed by atoms with Crippen LogP contribution in [0.2, 0.25) is 15.1 Å². The van der Waals surface area contributed by atoms with Crippen molar-refractivity contribution in [1.29, 1.82) is 5.26 Å². The van der Waals surface area contributed by atoms with Crippen molar-refractivity contribution < 1.29 is 14.3 Å². The van der Waals surface area contributed by atoms with E-state index in [0.717, 1.165) is 5.56 Å². The molecule has 0 aromatic heterocycles. The van der Waals surface area contributed by atoms with E-state index in [-0.39, 0.29) is 17.2 Å². The predicted octanol–water partition coefficient (Wildman–Crippen LogP) is 6.78. The molecule has 162 valence electrons. The highest BCUT2D eigenvalue weighted by Crippen LogP contribution is 2.34. The highest BCUT2D eigenvalue weighted by molar-refractivity contribution is 6.36. The highest BCUT2D eigenvalue weighted by Gasteiger charge is 2.15. The van der Waals surface area contributed by atoms with Crippen LogP contribution in [0.25, 0.3) is 6.08 Å². The van der Waals surface area contributed by atoms with Crippen LogP contribution < -0.4 is 14.8 Å². The van der Waals surface area contributed by atoms with Gasteiger partial charge >= 0.3 is 0 Å². The summed E-state index contributed by atoms with van der Waals surface area (Å²) in [5, 5.41) is 13.4. The molecule has 1 N–H and O–H groups in total. The Balaban J connectivity index is 1.86. The molecule has 0 aliphatic carbocycles. The normalized spacial score (nSPS) is 10.9. The molecule has 0 aliphatic rings. The number of methoxy groups -OCH3 is 1. The van der Waals surface area contributed by atoms with Gasteiger partial charge in [-0.1, -0.05) is 46.9 Å². The molecule has 0 unspecified atom stereocenters. The van der Waals surface area contributed by atoms with Crippen LogP contribution in [0.1, 0.15) is 11.1 Å². The fraction of sp³-hybridized carbons (Fsp3) is 0.0833. The van der Waals surface area contributed by atoms with E-state index in [1.807, 2.05) is 18.2 Å². The first-order chi connectivity index (χ1) is 15.4. The fourth-order valence-corrected chi connectivity index (χ4v) is 3.58. The van der Waals surface area contributed by atoms with E-state index in [1.165, 1.54) is 12.1 Å². The second kappa shape index (κ2) is 10.9. The van der Waals surface area contributed by atoms with Crippen molar-refractivity contribution in [3.05, 3.63) is 92.4 Å². The van der Waals surface area contributed by atoms with Crippen molar-refractivity contribution >= 4 is 52.5 Å². The molecule has 0 saturated carbocycles. The van der Waals surface area contributed by atoms with Crippen molar-refractivity contribution in [1.82, 2.24) is 0 Å². The van der Waals surface area contributed by atoms with Gasteiger partial charge in [0.05, 0.1) is 12.1 Å². The summed E-state index contributed by atoms with van der Waals surface area (Å²) in [5.74, 6) is 0.352. The molecule has 0 saturated heterocycles. The van der Waals surface area contributed by atoms with Gasteiger partial charge in [-0.15, -0.1) is 0 Å². The maximum Gasteiger partial charge on any atom is 0.266 e. The summed E-state index contributed by atoms with van der Waals surface area (Å²) in [4.78, 5) is 12.6. The van der Waals surface area contributed by atoms with Gasteiger partial charge in [0.25, 0.3) is 5.91 Å². The van der Waals surface area contributed by atoms with E-state index >= 15 is 0 Å². The number of nitrogens with zero attached hydrogens (tertiary/aromatic N) is 1. The topological polar surface area (TPSA) is 71.3 Å². The lowest BCUT2D eigenvalue weighted by Crippen LogP contribution is -2.13. The third-order valence-electron chi connectivity index (χ3n) is 4.32. The number of hydrogen-bond donors (Lipinski definition) is 1. The summed E-state index contributed by atoms with van der Waals surface area (Å²) in [5.41, 5.74) is 1.59. The van der Waals surface area contributed by atoms with Crippen molar-refractivity contribution in [3.63, 3.8) is 0 Å². The molecule has 8 heteroatoms. The smallest absolute Gasteiger partial charge is 0.266 e. The monoisotopic (exact) mass is 486 g/mol. The van der Waals surface area contributed by atoms with E-state index in [4.69, 9.17) is 44.3 Å². The van der Waals surface area contributed by atoms with Gasteiger partial charge in [0.1, 0.15) is 29.7 Å². The van der Waals surface area contributed by atoms with E-state index in [9.17, 15) is 10.1 Å². The molecular formula is C24H17Cl3N2O3. The lowest BCUT2D eigenvalue weighted by atomic mass is 10.1. The Bertz CT molecular complexity index is 1200. The van der Waals surface area contributed by atoms with Crippen molar-refractivity contribution in [2.24, 2.45) is 0 Å². The van der Waals surface area contributed by atoms with Gasteiger partial charge in [0.2, 0.25) is 0 Å². The summed E-state index contributed by atoms with van der Waals surface area (Å²) in [6.45, 7) is 0.183. The van der Waals surface area contributed by atoms with Gasteiger partial charge in [-0.25, -0.2) is 0 Å². The molecule has 0 heterocycles. The first-order valence-electron chi connectivity index (χ1n) is 9.33. The zero-order chi connectivity index (χ0) is 23.1. The van der Waals surface area contributed by atoms with Crippen LogP contribution >= 0.6 is 34.8 Å². The third kappa shape index (κ3) is 6.18. The summed E-state index contributed by atoms with van der Waals surface area (Å²) in [6, 6.07) is 18.9. The van der Waals surface area contributed by atoms with Crippen LogP contribution in [0.5, 0.6) is 11.5 Å². The minimum absolute atomic E-state index is 0.147. The summed E-state index contributed by atoms with van der Waals surface area (Å²) in [6.07, 6.45) is 1.38. The fourth-order valence-electron chi connectivity index (χ4n) is 2.80. The van der Waals surface area contributed by atoms with Gasteiger partial charge in [-0.3, -0.25) is 4.79 Å². The summed E-state index contributed by atoms with van der Waals surface area (Å²) in [7, 11) is 1.55. The van der Waals surface area contributed by atoms with Gasteiger partial charge in [0, 0.05) is 21.3 Å². The van der Waals surface area contributed by atoms with Crippen LogP contribution in [0.4, 0.5) is 5.69 Å². The molecule has 0 bridgehead atoms. The molecule has 1 amide bonds. The molecule has 0 radical (unpaired) electrons. The Morgan fingerprint density at radius 2 is 1.81 bits per heavy atom. The number of carbonyl (C=O) groups excluding carboxylic acids is 1. The SMILES string of the molecule is COc1ccc(NC(=O)/C(C#N)=C/c2cc(Cl)cc(Cl)c2OCc2cccc(Cl)c2)cc1. The van der Waals surface area contributed by atoms with Gasteiger partial charge in [-0.05, 0) is 60.2 Å². The molecule has 5 nitrogen and oxygen atoms in total. The Kier molecular flexibility index (Phi) is 8.02. The molecular weight excluding hydrogens is 471 g/mol. The summed E-state index contributed by atoms with van der Waals surface area (Å²) >= 11 is 18.5. The van der Waals surface area contributed by atoms with Crippen molar-refractivity contribution in [2.45, 2.75) is 6.61 Å². The van der Waals surface area contributed by atoms with Gasteiger partial charge in [-0.2, -0.15) is 5.26 Å². The average molecular weight is 488 g/mol. The number of nitrogens with one attached hydrogen (secondary N) is 1. The van der Waals surface area contributed by atoms with E-state index in [0.29, 0.717) is 32.8 Å². The number of nitriles is 1. The molecule has 0 fully saturated rings. The lowest BCUT2D eigenvalue weighted by Gasteiger charge is -2.13. The highest BCUT2D eigenvalue weighted by atomic mass is 35.5. The molecule has 0 spiro atoms. The van der Waals surface area contributed by atoms with E-state index in [2.05, 4.69) is 5.32 Å². The summed E-state index contributed by atoms with van der Waals surface area (Å²) < 4.78 is 11.0. The number of rotatable bonds is 7. The number of ether oxygens (including phenoxy) is 2. The Morgan fingerprint density at radius 3 is 2.47 bits per heavy atom.